The maximum Gasteiger partial charge on any atom is 0.417 e. The van der Waals surface area contributed by atoms with Crippen LogP contribution >= 0.6 is 11.5 Å². The summed E-state index contributed by atoms with van der Waals surface area (Å²) in [5, 5.41) is 9.34. The van der Waals surface area contributed by atoms with Gasteiger partial charge in [0.1, 0.15) is 0 Å². The summed E-state index contributed by atoms with van der Waals surface area (Å²) in [7, 11) is 0. The number of rotatable bonds is 5. The van der Waals surface area contributed by atoms with E-state index < -0.39 is 23.2 Å². The summed E-state index contributed by atoms with van der Waals surface area (Å²) in [5.74, 6) is -0.442. The third kappa shape index (κ3) is 4.37. The Kier molecular flexibility index (Phi) is 5.51. The summed E-state index contributed by atoms with van der Waals surface area (Å²) in [4.78, 5) is 21.3. The van der Waals surface area contributed by atoms with Gasteiger partial charge in [0.2, 0.25) is 0 Å². The number of carbonyl (C=O) groups is 1. The van der Waals surface area contributed by atoms with E-state index in [4.69, 9.17) is 5.73 Å². The number of halogens is 3. The monoisotopic (exact) mass is 458 g/mol. The molecule has 1 amide bonds. The zero-order chi connectivity index (χ0) is 22.9. The first-order chi connectivity index (χ1) is 15.2. The highest BCUT2D eigenvalue weighted by molar-refractivity contribution is 7.03. The second kappa shape index (κ2) is 8.15. The van der Waals surface area contributed by atoms with Gasteiger partial charge >= 0.3 is 6.18 Å². The molecule has 0 spiro atoms. The second-order valence-corrected chi connectivity index (χ2v) is 8.04. The van der Waals surface area contributed by atoms with Gasteiger partial charge in [0.15, 0.2) is 0 Å². The van der Waals surface area contributed by atoms with Crippen LogP contribution in [0.25, 0.3) is 10.9 Å². The van der Waals surface area contributed by atoms with Crippen molar-refractivity contribution in [1.82, 2.24) is 24.9 Å². The van der Waals surface area contributed by atoms with Crippen molar-refractivity contribution >= 4 is 34.0 Å². The lowest BCUT2D eigenvalue weighted by Crippen LogP contribution is -2.46. The van der Waals surface area contributed by atoms with Gasteiger partial charge in [0.05, 0.1) is 33.7 Å². The minimum Gasteiger partial charge on any atom is -0.397 e. The van der Waals surface area contributed by atoms with Crippen LogP contribution < -0.4 is 11.1 Å². The van der Waals surface area contributed by atoms with Gasteiger partial charge in [0.25, 0.3) is 5.91 Å². The van der Waals surface area contributed by atoms with Crippen LogP contribution in [0, 0.1) is 0 Å². The van der Waals surface area contributed by atoms with Crippen molar-refractivity contribution in [2.45, 2.75) is 25.1 Å². The van der Waals surface area contributed by atoms with Crippen molar-refractivity contribution in [2.24, 2.45) is 0 Å². The molecule has 3 aromatic heterocycles. The number of nitrogen functional groups attached to an aromatic ring is 1. The van der Waals surface area contributed by atoms with Crippen molar-refractivity contribution in [1.29, 1.82) is 0 Å². The summed E-state index contributed by atoms with van der Waals surface area (Å²) in [6.45, 7) is 1.64. The highest BCUT2D eigenvalue weighted by atomic mass is 32.1. The normalized spacial score (nSPS) is 13.6. The molecule has 3 heterocycles. The molecule has 7 nitrogen and oxygen atoms in total. The van der Waals surface area contributed by atoms with E-state index in [1.165, 1.54) is 0 Å². The van der Waals surface area contributed by atoms with Gasteiger partial charge in [-0.15, -0.1) is 5.10 Å². The molecule has 1 unspecified atom stereocenters. The van der Waals surface area contributed by atoms with Crippen LogP contribution in [0.5, 0.6) is 0 Å². The molecular formula is C21H17F3N6OS. The molecule has 164 valence electrons. The summed E-state index contributed by atoms with van der Waals surface area (Å²) in [5.41, 5.74) is 5.31. The highest BCUT2D eigenvalue weighted by Crippen LogP contribution is 2.34. The molecule has 0 fully saturated rings. The zero-order valence-corrected chi connectivity index (χ0v) is 17.5. The Morgan fingerprint density at radius 2 is 2.00 bits per heavy atom. The number of fused-ring (bicyclic) bond motifs is 1. The largest absolute Gasteiger partial charge is 0.417 e. The van der Waals surface area contributed by atoms with Crippen molar-refractivity contribution in [3.05, 3.63) is 76.7 Å². The smallest absolute Gasteiger partial charge is 0.397 e. The van der Waals surface area contributed by atoms with Crippen LogP contribution in [0.3, 0.4) is 0 Å². The summed E-state index contributed by atoms with van der Waals surface area (Å²) in [6, 6.07) is 9.43. The Hall–Kier alpha value is -3.60. The zero-order valence-electron chi connectivity index (χ0n) is 16.7. The Morgan fingerprint density at radius 1 is 1.19 bits per heavy atom. The lowest BCUT2D eigenvalue weighted by molar-refractivity contribution is -0.137. The predicted octanol–water partition coefficient (Wildman–Crippen LogP) is 3.97. The maximum absolute atomic E-state index is 13.1. The lowest BCUT2D eigenvalue weighted by atomic mass is 9.89. The number of carbonyl (C=O) groups excluding carboxylic acids is 1. The Balaban J connectivity index is 1.72. The molecule has 32 heavy (non-hydrogen) atoms. The van der Waals surface area contributed by atoms with Gasteiger partial charge in [-0.1, -0.05) is 10.6 Å². The number of pyridine rings is 2. The van der Waals surface area contributed by atoms with Crippen molar-refractivity contribution in [2.75, 3.05) is 5.73 Å². The van der Waals surface area contributed by atoms with Gasteiger partial charge < -0.3 is 11.1 Å². The fourth-order valence-corrected chi connectivity index (χ4v) is 3.90. The van der Waals surface area contributed by atoms with Crippen LogP contribution in [0.4, 0.5) is 18.9 Å². The number of hydrogen-bond acceptors (Lipinski definition) is 7. The first-order valence-electron chi connectivity index (χ1n) is 9.42. The molecule has 0 aliphatic heterocycles. The molecule has 0 bridgehead atoms. The highest BCUT2D eigenvalue weighted by Gasteiger charge is 2.37. The van der Waals surface area contributed by atoms with Crippen molar-refractivity contribution in [3.8, 4) is 0 Å². The quantitative estimate of drug-likeness (QED) is 0.469. The predicted molar refractivity (Wildman–Crippen MR) is 114 cm³/mol. The van der Waals surface area contributed by atoms with Crippen LogP contribution in [0.15, 0.2) is 54.2 Å². The van der Waals surface area contributed by atoms with Crippen molar-refractivity contribution in [3.63, 3.8) is 0 Å². The first-order valence-corrected chi connectivity index (χ1v) is 10.3. The average molecular weight is 458 g/mol. The van der Waals surface area contributed by atoms with E-state index in [0.29, 0.717) is 17.5 Å². The molecule has 0 saturated carbocycles. The summed E-state index contributed by atoms with van der Waals surface area (Å²) < 4.78 is 43.0. The molecule has 1 aromatic carbocycles. The molecule has 0 aliphatic carbocycles. The second-order valence-electron chi connectivity index (χ2n) is 7.43. The topological polar surface area (TPSA) is 107 Å². The minimum absolute atomic E-state index is 0.106. The van der Waals surface area contributed by atoms with Gasteiger partial charge in [-0.3, -0.25) is 14.8 Å². The van der Waals surface area contributed by atoms with E-state index in [-0.39, 0.29) is 17.8 Å². The SMILES string of the molecule is CC(Cc1csnn1)(NC(=O)c1ccc2ncccc2c1)c1ncc(C(F)(F)F)cc1N. The molecule has 0 radical (unpaired) electrons. The number of aromatic nitrogens is 4. The average Bonchev–Trinajstić information content (AvgIpc) is 3.25. The van der Waals surface area contributed by atoms with Crippen LogP contribution in [-0.2, 0) is 18.1 Å². The van der Waals surface area contributed by atoms with Crippen LogP contribution in [-0.4, -0.2) is 25.5 Å². The molecule has 3 N–H and O–H groups in total. The number of alkyl halides is 3. The van der Waals surface area contributed by atoms with Gasteiger partial charge in [-0.25, -0.2) is 0 Å². The number of nitrogens with one attached hydrogen (secondary N) is 1. The van der Waals surface area contributed by atoms with E-state index in [1.807, 2.05) is 6.07 Å². The Bertz CT molecular complexity index is 1280. The fourth-order valence-electron chi connectivity index (χ4n) is 3.45. The maximum atomic E-state index is 13.1. The summed E-state index contributed by atoms with van der Waals surface area (Å²) in [6.07, 6.45) is -2.10. The minimum atomic E-state index is -4.59. The Labute approximate surface area is 184 Å². The van der Waals surface area contributed by atoms with E-state index in [1.54, 1.807) is 42.8 Å². The molecule has 0 aliphatic rings. The number of benzene rings is 1. The van der Waals surface area contributed by atoms with E-state index in [0.717, 1.165) is 28.5 Å². The molecule has 11 heteroatoms. The van der Waals surface area contributed by atoms with Gasteiger partial charge in [-0.2, -0.15) is 13.2 Å². The summed E-state index contributed by atoms with van der Waals surface area (Å²) >= 11 is 1.12. The third-order valence-electron chi connectivity index (χ3n) is 4.96. The van der Waals surface area contributed by atoms with Gasteiger partial charge in [-0.05, 0) is 48.8 Å². The van der Waals surface area contributed by atoms with E-state index in [9.17, 15) is 18.0 Å². The van der Waals surface area contributed by atoms with Gasteiger partial charge in [0, 0.05) is 35.1 Å². The number of anilines is 1. The molecule has 0 saturated heterocycles. The van der Waals surface area contributed by atoms with E-state index >= 15 is 0 Å². The molecule has 4 rings (SSSR count). The number of amides is 1. The third-order valence-corrected chi connectivity index (χ3v) is 5.52. The number of hydrogen-bond donors (Lipinski definition) is 2. The number of nitrogens with two attached hydrogens (primary N) is 1. The Morgan fingerprint density at radius 3 is 2.69 bits per heavy atom. The standard InChI is InChI=1S/C21H17F3N6OS/c1-20(9-15-11-32-30-29-15,18-16(25)8-14(10-27-18)21(22,23)24)28-19(31)13-4-5-17-12(7-13)3-2-6-26-17/h2-8,10-11H,9,25H2,1H3,(H,28,31). The number of nitrogens with zero attached hydrogens (tertiary/aromatic N) is 4. The molecule has 1 atom stereocenters. The fraction of sp³-hybridized carbons (Fsp3) is 0.190. The van der Waals surface area contributed by atoms with Crippen molar-refractivity contribution < 1.29 is 18.0 Å². The first kappa shape index (κ1) is 21.6. The molecular weight excluding hydrogens is 441 g/mol. The molecule has 4 aromatic rings. The van der Waals surface area contributed by atoms with Crippen LogP contribution in [0.1, 0.15) is 34.2 Å². The lowest BCUT2D eigenvalue weighted by Gasteiger charge is -2.31. The van der Waals surface area contributed by atoms with Crippen LogP contribution in [0.2, 0.25) is 0 Å². The van der Waals surface area contributed by atoms with E-state index in [2.05, 4.69) is 24.9 Å².